The largest absolute Gasteiger partial charge is 0.504 e. The number of benzene rings is 1. The molecule has 0 spiro atoms. The van der Waals surface area contributed by atoms with Crippen molar-refractivity contribution >= 4 is 0 Å². The van der Waals surface area contributed by atoms with Crippen LogP contribution in [-0.2, 0) is 6.42 Å². The van der Waals surface area contributed by atoms with Crippen molar-refractivity contribution in [3.63, 3.8) is 0 Å². The lowest BCUT2D eigenvalue weighted by molar-refractivity contribution is 0.369. The molecule has 0 radical (unpaired) electrons. The number of rotatable bonds is 3. The lowest BCUT2D eigenvalue weighted by atomic mass is 10.0. The van der Waals surface area contributed by atoms with E-state index >= 15 is 0 Å². The maximum absolute atomic E-state index is 13.5. The molecule has 0 aliphatic heterocycles. The zero-order valence-corrected chi connectivity index (χ0v) is 8.59. The predicted octanol–water partition coefficient (Wildman–Crippen LogP) is 1.57. The fourth-order valence-corrected chi connectivity index (χ4v) is 1.60. The fourth-order valence-electron chi connectivity index (χ4n) is 1.60. The van der Waals surface area contributed by atoms with Crippen molar-refractivity contribution in [1.29, 1.82) is 0 Å². The van der Waals surface area contributed by atoms with Gasteiger partial charge in [0.05, 0.1) is 7.11 Å². The van der Waals surface area contributed by atoms with Crippen LogP contribution < -0.4 is 10.5 Å². The van der Waals surface area contributed by atoms with Gasteiger partial charge in [0.1, 0.15) is 5.82 Å². The van der Waals surface area contributed by atoms with E-state index in [-0.39, 0.29) is 22.9 Å². The molecule has 0 aromatic heterocycles. The summed E-state index contributed by atoms with van der Waals surface area (Å²) >= 11 is 0. The molecule has 0 atom stereocenters. The summed E-state index contributed by atoms with van der Waals surface area (Å²) in [5.41, 5.74) is 6.08. The number of halogens is 1. The van der Waals surface area contributed by atoms with Gasteiger partial charge < -0.3 is 15.6 Å². The minimum atomic E-state index is -0.374. The van der Waals surface area contributed by atoms with Crippen LogP contribution >= 0.6 is 0 Å². The van der Waals surface area contributed by atoms with E-state index in [1.54, 1.807) is 0 Å². The van der Waals surface area contributed by atoms with Gasteiger partial charge in [-0.05, 0) is 30.9 Å². The van der Waals surface area contributed by atoms with Crippen LogP contribution in [0.15, 0.2) is 12.1 Å². The van der Waals surface area contributed by atoms with Gasteiger partial charge >= 0.3 is 0 Å². The van der Waals surface area contributed by atoms with Crippen LogP contribution in [-0.4, -0.2) is 17.8 Å². The van der Waals surface area contributed by atoms with Crippen molar-refractivity contribution in [3.8, 4) is 11.5 Å². The van der Waals surface area contributed by atoms with Crippen LogP contribution in [0.25, 0.3) is 0 Å². The first-order valence-electron chi connectivity index (χ1n) is 4.88. The van der Waals surface area contributed by atoms with E-state index < -0.39 is 0 Å². The molecule has 1 fully saturated rings. The molecule has 1 aliphatic carbocycles. The minimum Gasteiger partial charge on any atom is -0.504 e. The molecule has 0 bridgehead atoms. The quantitative estimate of drug-likeness (QED) is 0.798. The van der Waals surface area contributed by atoms with Gasteiger partial charge in [-0.3, -0.25) is 0 Å². The van der Waals surface area contributed by atoms with Crippen molar-refractivity contribution < 1.29 is 14.2 Å². The average Bonchev–Trinajstić information content (AvgIpc) is 2.89. The Balaban J connectivity index is 2.28. The van der Waals surface area contributed by atoms with Crippen molar-refractivity contribution in [2.45, 2.75) is 24.8 Å². The van der Waals surface area contributed by atoms with Gasteiger partial charge in [-0.25, -0.2) is 4.39 Å². The molecule has 1 aliphatic rings. The predicted molar refractivity (Wildman–Crippen MR) is 54.5 cm³/mol. The highest BCUT2D eigenvalue weighted by molar-refractivity contribution is 5.43. The van der Waals surface area contributed by atoms with Crippen molar-refractivity contribution in [1.82, 2.24) is 0 Å². The highest BCUT2D eigenvalue weighted by Gasteiger charge is 2.38. The molecule has 2 rings (SSSR count). The van der Waals surface area contributed by atoms with E-state index in [0.29, 0.717) is 12.0 Å². The SMILES string of the molecule is COc1cc(F)c(CC2(N)CC2)cc1O. The summed E-state index contributed by atoms with van der Waals surface area (Å²) in [6, 6.07) is 2.58. The smallest absolute Gasteiger partial charge is 0.163 e. The maximum atomic E-state index is 13.5. The van der Waals surface area contributed by atoms with Crippen molar-refractivity contribution in [2.24, 2.45) is 5.73 Å². The fraction of sp³-hybridized carbons (Fsp3) is 0.455. The van der Waals surface area contributed by atoms with Gasteiger partial charge in [0, 0.05) is 11.6 Å². The van der Waals surface area contributed by atoms with Crippen molar-refractivity contribution in [3.05, 3.63) is 23.5 Å². The Morgan fingerprint density at radius 1 is 1.53 bits per heavy atom. The van der Waals surface area contributed by atoms with Gasteiger partial charge in [0.15, 0.2) is 11.5 Å². The zero-order valence-electron chi connectivity index (χ0n) is 8.59. The second-order valence-electron chi connectivity index (χ2n) is 4.15. The lowest BCUT2D eigenvalue weighted by Gasteiger charge is -2.11. The minimum absolute atomic E-state index is 0.0434. The van der Waals surface area contributed by atoms with Crippen LogP contribution in [0.3, 0.4) is 0 Å². The molecule has 1 saturated carbocycles. The second kappa shape index (κ2) is 3.38. The first kappa shape index (κ1) is 10.2. The van der Waals surface area contributed by atoms with Gasteiger partial charge in [0.2, 0.25) is 0 Å². The Labute approximate surface area is 87.7 Å². The Kier molecular flexibility index (Phi) is 2.31. The summed E-state index contributed by atoms with van der Waals surface area (Å²) in [4.78, 5) is 0. The topological polar surface area (TPSA) is 55.5 Å². The molecule has 3 N–H and O–H groups in total. The number of hydrogen-bond acceptors (Lipinski definition) is 3. The molecule has 15 heavy (non-hydrogen) atoms. The van der Waals surface area contributed by atoms with Crippen LogP contribution in [0.1, 0.15) is 18.4 Å². The Morgan fingerprint density at radius 3 is 2.73 bits per heavy atom. The standard InChI is InChI=1S/C11H14FNO2/c1-15-10-5-8(12)7(4-9(10)14)6-11(13)2-3-11/h4-5,14H,2-3,6,13H2,1H3. The molecule has 1 aromatic rings. The van der Waals surface area contributed by atoms with E-state index in [1.165, 1.54) is 19.2 Å². The van der Waals surface area contributed by atoms with Gasteiger partial charge in [-0.1, -0.05) is 0 Å². The highest BCUT2D eigenvalue weighted by Crippen LogP contribution is 2.38. The van der Waals surface area contributed by atoms with Crippen LogP contribution in [0.5, 0.6) is 11.5 Å². The summed E-state index contributed by atoms with van der Waals surface area (Å²) in [6.07, 6.45) is 2.30. The summed E-state index contributed by atoms with van der Waals surface area (Å²) in [6.45, 7) is 0. The molecule has 0 saturated heterocycles. The van der Waals surface area contributed by atoms with Gasteiger partial charge in [-0.15, -0.1) is 0 Å². The third-order valence-electron chi connectivity index (χ3n) is 2.78. The number of methoxy groups -OCH3 is 1. The molecule has 4 heteroatoms. The third kappa shape index (κ3) is 2.04. The van der Waals surface area contributed by atoms with E-state index in [0.717, 1.165) is 12.8 Å². The van der Waals surface area contributed by atoms with E-state index in [9.17, 15) is 9.50 Å². The second-order valence-corrected chi connectivity index (χ2v) is 4.15. The third-order valence-corrected chi connectivity index (χ3v) is 2.78. The average molecular weight is 211 g/mol. The maximum Gasteiger partial charge on any atom is 0.163 e. The Morgan fingerprint density at radius 2 is 2.20 bits per heavy atom. The molecule has 0 amide bonds. The number of phenols is 1. The monoisotopic (exact) mass is 211 g/mol. The van der Waals surface area contributed by atoms with Crippen LogP contribution in [0.2, 0.25) is 0 Å². The number of ether oxygens (including phenoxy) is 1. The Hall–Kier alpha value is -1.29. The first-order valence-corrected chi connectivity index (χ1v) is 4.88. The normalized spacial score (nSPS) is 17.5. The number of aromatic hydroxyl groups is 1. The highest BCUT2D eigenvalue weighted by atomic mass is 19.1. The first-order chi connectivity index (χ1) is 7.04. The molecular weight excluding hydrogens is 197 g/mol. The number of hydrogen-bond donors (Lipinski definition) is 2. The van der Waals surface area contributed by atoms with Gasteiger partial charge in [0.25, 0.3) is 0 Å². The molecule has 0 heterocycles. The van der Waals surface area contributed by atoms with E-state index in [1.807, 2.05) is 0 Å². The zero-order chi connectivity index (χ0) is 11.1. The van der Waals surface area contributed by atoms with Gasteiger partial charge in [-0.2, -0.15) is 0 Å². The summed E-state index contributed by atoms with van der Waals surface area (Å²) < 4.78 is 18.3. The molecule has 3 nitrogen and oxygen atoms in total. The lowest BCUT2D eigenvalue weighted by Crippen LogP contribution is -2.25. The van der Waals surface area contributed by atoms with E-state index in [2.05, 4.69) is 0 Å². The van der Waals surface area contributed by atoms with Crippen LogP contribution in [0.4, 0.5) is 4.39 Å². The number of phenolic OH excluding ortho intramolecular Hbond substituents is 1. The summed E-state index contributed by atoms with van der Waals surface area (Å²) in [5.74, 6) is -0.266. The van der Waals surface area contributed by atoms with E-state index in [4.69, 9.17) is 10.5 Å². The molecule has 1 aromatic carbocycles. The summed E-state index contributed by atoms with van der Waals surface area (Å²) in [5, 5.41) is 9.50. The summed E-state index contributed by atoms with van der Waals surface area (Å²) in [7, 11) is 1.39. The number of nitrogens with two attached hydrogens (primary N) is 1. The molecule has 82 valence electrons. The molecule has 0 unspecified atom stereocenters. The molecular formula is C11H14FNO2. The van der Waals surface area contributed by atoms with Crippen molar-refractivity contribution in [2.75, 3.05) is 7.11 Å². The Bertz CT molecular complexity index is 388. The van der Waals surface area contributed by atoms with Crippen LogP contribution in [0, 0.1) is 5.82 Å².